The first-order chi connectivity index (χ1) is 9.22. The fourth-order valence-corrected chi connectivity index (χ4v) is 2.58. The van der Waals surface area contributed by atoms with E-state index in [2.05, 4.69) is 38.1 Å². The predicted octanol–water partition coefficient (Wildman–Crippen LogP) is 4.13. The maximum Gasteiger partial charge on any atom is 0.0818 e. The van der Waals surface area contributed by atoms with Gasteiger partial charge in [0, 0.05) is 7.11 Å². The van der Waals surface area contributed by atoms with E-state index in [1.54, 1.807) is 7.11 Å². The third kappa shape index (κ3) is 5.33. The Morgan fingerprint density at radius 1 is 1.05 bits per heavy atom. The summed E-state index contributed by atoms with van der Waals surface area (Å²) < 4.78 is 5.08. The molecule has 0 aliphatic heterocycles. The van der Waals surface area contributed by atoms with Gasteiger partial charge in [0.2, 0.25) is 0 Å². The molecule has 1 unspecified atom stereocenters. The Kier molecular flexibility index (Phi) is 7.76. The van der Waals surface area contributed by atoms with Gasteiger partial charge in [0.1, 0.15) is 0 Å². The van der Waals surface area contributed by atoms with Crippen molar-refractivity contribution in [1.82, 2.24) is 0 Å². The zero-order valence-corrected chi connectivity index (χ0v) is 12.6. The van der Waals surface area contributed by atoms with Crippen LogP contribution >= 0.6 is 0 Å². The van der Waals surface area contributed by atoms with Gasteiger partial charge in [-0.1, -0.05) is 51.0 Å². The summed E-state index contributed by atoms with van der Waals surface area (Å²) in [7, 11) is 1.72. The van der Waals surface area contributed by atoms with Crippen LogP contribution in [0.5, 0.6) is 0 Å². The number of aliphatic hydroxyl groups is 1. The minimum Gasteiger partial charge on any atom is -0.388 e. The van der Waals surface area contributed by atoms with Crippen molar-refractivity contribution in [1.29, 1.82) is 0 Å². The monoisotopic (exact) mass is 264 g/mol. The lowest BCUT2D eigenvalue weighted by Crippen LogP contribution is -2.12. The third-order valence-corrected chi connectivity index (χ3v) is 3.68. The summed E-state index contributed by atoms with van der Waals surface area (Å²) in [6, 6.07) is 8.33. The highest BCUT2D eigenvalue weighted by molar-refractivity contribution is 5.24. The molecule has 1 atom stereocenters. The molecule has 0 aliphatic carbocycles. The molecule has 2 heteroatoms. The Hall–Kier alpha value is -0.860. The average molecular weight is 264 g/mol. The second kappa shape index (κ2) is 9.11. The Morgan fingerprint density at radius 3 is 2.11 bits per heavy atom. The van der Waals surface area contributed by atoms with E-state index < -0.39 is 0 Å². The maximum atomic E-state index is 10.5. The molecule has 0 bridgehead atoms. The SMILES string of the molecule is CCCC(CCC)C(O)c1ccc(CCOC)cc1. The van der Waals surface area contributed by atoms with Crippen molar-refractivity contribution in [3.8, 4) is 0 Å². The van der Waals surface area contributed by atoms with E-state index in [1.807, 2.05) is 0 Å². The number of aliphatic hydroxyl groups excluding tert-OH is 1. The first kappa shape index (κ1) is 16.2. The van der Waals surface area contributed by atoms with Gasteiger partial charge in [-0.05, 0) is 36.3 Å². The van der Waals surface area contributed by atoms with Crippen LogP contribution in [-0.4, -0.2) is 18.8 Å². The highest BCUT2D eigenvalue weighted by Crippen LogP contribution is 2.29. The molecule has 0 fully saturated rings. The van der Waals surface area contributed by atoms with Crippen LogP contribution in [0.25, 0.3) is 0 Å². The van der Waals surface area contributed by atoms with E-state index in [-0.39, 0.29) is 6.10 Å². The Morgan fingerprint density at radius 2 is 1.63 bits per heavy atom. The molecule has 19 heavy (non-hydrogen) atoms. The quantitative estimate of drug-likeness (QED) is 0.727. The number of rotatable bonds is 9. The molecular weight excluding hydrogens is 236 g/mol. The van der Waals surface area contributed by atoms with Crippen LogP contribution in [0.4, 0.5) is 0 Å². The van der Waals surface area contributed by atoms with Gasteiger partial charge in [-0.3, -0.25) is 0 Å². The van der Waals surface area contributed by atoms with Crippen molar-refractivity contribution in [2.45, 2.75) is 52.1 Å². The van der Waals surface area contributed by atoms with Crippen LogP contribution < -0.4 is 0 Å². The van der Waals surface area contributed by atoms with Gasteiger partial charge in [0.15, 0.2) is 0 Å². The lowest BCUT2D eigenvalue weighted by molar-refractivity contribution is 0.0964. The van der Waals surface area contributed by atoms with Gasteiger partial charge >= 0.3 is 0 Å². The smallest absolute Gasteiger partial charge is 0.0818 e. The number of methoxy groups -OCH3 is 1. The normalized spacial score (nSPS) is 12.9. The van der Waals surface area contributed by atoms with Gasteiger partial charge in [-0.15, -0.1) is 0 Å². The number of benzene rings is 1. The molecule has 1 N–H and O–H groups in total. The van der Waals surface area contributed by atoms with Crippen molar-refractivity contribution in [2.75, 3.05) is 13.7 Å². The van der Waals surface area contributed by atoms with E-state index in [0.717, 1.165) is 44.3 Å². The Labute approximate surface area is 117 Å². The van der Waals surface area contributed by atoms with E-state index in [4.69, 9.17) is 4.74 Å². The molecule has 0 spiro atoms. The molecule has 0 aliphatic rings. The third-order valence-electron chi connectivity index (χ3n) is 3.68. The van der Waals surface area contributed by atoms with Gasteiger partial charge in [0.25, 0.3) is 0 Å². The minimum absolute atomic E-state index is 0.323. The minimum atomic E-state index is -0.323. The summed E-state index contributed by atoms with van der Waals surface area (Å²) in [5.41, 5.74) is 2.31. The standard InChI is InChI=1S/C17H28O2/c1-4-6-15(7-5-2)17(18)16-10-8-14(9-11-16)12-13-19-3/h8-11,15,17-18H,4-7,12-13H2,1-3H3. The van der Waals surface area contributed by atoms with E-state index in [9.17, 15) is 5.11 Å². The highest BCUT2D eigenvalue weighted by atomic mass is 16.5. The molecule has 0 heterocycles. The first-order valence-corrected chi connectivity index (χ1v) is 7.48. The summed E-state index contributed by atoms with van der Waals surface area (Å²) in [5.74, 6) is 0.389. The van der Waals surface area contributed by atoms with Crippen molar-refractivity contribution < 1.29 is 9.84 Å². The van der Waals surface area contributed by atoms with Crippen molar-refractivity contribution in [2.24, 2.45) is 5.92 Å². The highest BCUT2D eigenvalue weighted by Gasteiger charge is 2.19. The molecule has 0 aromatic heterocycles. The maximum absolute atomic E-state index is 10.5. The van der Waals surface area contributed by atoms with Crippen LogP contribution in [0.15, 0.2) is 24.3 Å². The van der Waals surface area contributed by atoms with Crippen LogP contribution in [0, 0.1) is 5.92 Å². The van der Waals surface area contributed by atoms with Crippen LogP contribution in [0.3, 0.4) is 0 Å². The fraction of sp³-hybridized carbons (Fsp3) is 0.647. The van der Waals surface area contributed by atoms with Crippen molar-refractivity contribution in [3.63, 3.8) is 0 Å². The van der Waals surface area contributed by atoms with Gasteiger partial charge in [-0.2, -0.15) is 0 Å². The largest absolute Gasteiger partial charge is 0.388 e. The zero-order valence-electron chi connectivity index (χ0n) is 12.6. The Balaban J connectivity index is 2.66. The molecule has 1 aromatic carbocycles. The topological polar surface area (TPSA) is 29.5 Å². The second-order valence-electron chi connectivity index (χ2n) is 5.27. The predicted molar refractivity (Wildman–Crippen MR) is 80.3 cm³/mol. The van der Waals surface area contributed by atoms with Crippen molar-refractivity contribution in [3.05, 3.63) is 35.4 Å². The average Bonchev–Trinajstić information content (AvgIpc) is 2.44. The van der Waals surface area contributed by atoms with Crippen LogP contribution in [0.1, 0.15) is 56.8 Å². The molecule has 108 valence electrons. The van der Waals surface area contributed by atoms with E-state index >= 15 is 0 Å². The summed E-state index contributed by atoms with van der Waals surface area (Å²) in [6.45, 7) is 5.11. The molecule has 0 radical (unpaired) electrons. The Bertz CT molecular complexity index is 326. The summed E-state index contributed by atoms with van der Waals surface area (Å²) in [4.78, 5) is 0. The fourth-order valence-electron chi connectivity index (χ4n) is 2.58. The lowest BCUT2D eigenvalue weighted by Gasteiger charge is -2.22. The van der Waals surface area contributed by atoms with Gasteiger partial charge in [-0.25, -0.2) is 0 Å². The van der Waals surface area contributed by atoms with Gasteiger partial charge in [0.05, 0.1) is 12.7 Å². The number of ether oxygens (including phenoxy) is 1. The molecule has 1 aromatic rings. The van der Waals surface area contributed by atoms with Crippen molar-refractivity contribution >= 4 is 0 Å². The zero-order chi connectivity index (χ0) is 14.1. The number of hydrogen-bond acceptors (Lipinski definition) is 2. The molecular formula is C17H28O2. The molecule has 0 saturated heterocycles. The summed E-state index contributed by atoms with van der Waals surface area (Å²) in [6.07, 6.45) is 5.07. The lowest BCUT2D eigenvalue weighted by atomic mass is 9.88. The molecule has 1 rings (SSSR count). The van der Waals surface area contributed by atoms with E-state index in [1.165, 1.54) is 5.56 Å². The second-order valence-corrected chi connectivity index (χ2v) is 5.27. The number of hydrogen-bond donors (Lipinski definition) is 1. The summed E-state index contributed by atoms with van der Waals surface area (Å²) in [5, 5.41) is 10.5. The van der Waals surface area contributed by atoms with Crippen LogP contribution in [-0.2, 0) is 11.2 Å². The molecule has 0 saturated carbocycles. The first-order valence-electron chi connectivity index (χ1n) is 7.48. The molecule has 2 nitrogen and oxygen atoms in total. The molecule has 0 amide bonds. The summed E-state index contributed by atoms with van der Waals surface area (Å²) >= 11 is 0. The van der Waals surface area contributed by atoms with Gasteiger partial charge < -0.3 is 9.84 Å². The van der Waals surface area contributed by atoms with E-state index in [0.29, 0.717) is 5.92 Å². The van der Waals surface area contributed by atoms with Crippen LogP contribution in [0.2, 0.25) is 0 Å².